The van der Waals surface area contributed by atoms with Crippen molar-refractivity contribution in [2.45, 2.75) is 36.1 Å². The van der Waals surface area contributed by atoms with E-state index >= 15 is 0 Å². The molecule has 0 spiro atoms. The average Bonchev–Trinajstić information content (AvgIpc) is 3.04. The van der Waals surface area contributed by atoms with Gasteiger partial charge in [-0.15, -0.1) is 16.4 Å². The van der Waals surface area contributed by atoms with E-state index in [2.05, 4.69) is 20.5 Å². The van der Waals surface area contributed by atoms with Crippen molar-refractivity contribution in [3.63, 3.8) is 0 Å². The number of primary amides is 1. The highest BCUT2D eigenvalue weighted by Crippen LogP contribution is 2.38. The minimum atomic E-state index is -0.556. The van der Waals surface area contributed by atoms with E-state index < -0.39 is 5.91 Å². The molecular weight excluding hydrogens is 322 g/mol. The van der Waals surface area contributed by atoms with E-state index in [1.54, 1.807) is 18.4 Å². The Morgan fingerprint density at radius 2 is 2.32 bits per heavy atom. The zero-order chi connectivity index (χ0) is 15.7. The highest BCUT2D eigenvalue weighted by Gasteiger charge is 2.28. The molecule has 1 aliphatic carbocycles. The molecule has 0 radical (unpaired) electrons. The molecule has 1 fully saturated rings. The van der Waals surface area contributed by atoms with Crippen molar-refractivity contribution in [2.75, 3.05) is 5.32 Å². The van der Waals surface area contributed by atoms with Crippen LogP contribution in [-0.2, 0) is 4.79 Å². The third-order valence-electron chi connectivity index (χ3n) is 3.27. The van der Waals surface area contributed by atoms with Gasteiger partial charge in [0.15, 0.2) is 0 Å². The van der Waals surface area contributed by atoms with E-state index in [0.717, 1.165) is 18.7 Å². The number of anilines is 1. The number of hydrogen-bond donors (Lipinski definition) is 3. The van der Waals surface area contributed by atoms with Gasteiger partial charge in [0.25, 0.3) is 5.91 Å². The molecule has 2 aromatic heterocycles. The van der Waals surface area contributed by atoms with Crippen LogP contribution in [0.5, 0.6) is 0 Å². The number of carbonyl (C=O) groups excluding carboxylic acids is 2. The Hall–Kier alpha value is -1.87. The highest BCUT2D eigenvalue weighted by atomic mass is 32.2. The van der Waals surface area contributed by atoms with Gasteiger partial charge in [0.1, 0.15) is 10.8 Å². The van der Waals surface area contributed by atoms with Crippen LogP contribution in [0.1, 0.15) is 41.9 Å². The van der Waals surface area contributed by atoms with Crippen LogP contribution in [0.3, 0.4) is 0 Å². The number of aromatic nitrogens is 3. The molecule has 3 rings (SSSR count). The monoisotopic (exact) mass is 337 g/mol. The van der Waals surface area contributed by atoms with E-state index in [4.69, 9.17) is 5.73 Å². The predicted molar refractivity (Wildman–Crippen MR) is 85.1 cm³/mol. The molecule has 1 unspecified atom stereocenters. The minimum Gasteiger partial charge on any atom is -0.366 e. The van der Waals surface area contributed by atoms with Gasteiger partial charge in [-0.3, -0.25) is 14.7 Å². The van der Waals surface area contributed by atoms with Crippen LogP contribution in [0.2, 0.25) is 0 Å². The smallest absolute Gasteiger partial charge is 0.251 e. The number of rotatable bonds is 6. The van der Waals surface area contributed by atoms with Gasteiger partial charge in [-0.05, 0) is 31.2 Å². The van der Waals surface area contributed by atoms with Crippen LogP contribution >= 0.6 is 23.1 Å². The fraction of sp³-hybridized carbons (Fsp3) is 0.385. The van der Waals surface area contributed by atoms with Crippen molar-refractivity contribution in [3.05, 3.63) is 22.8 Å². The fourth-order valence-electron chi connectivity index (χ4n) is 1.88. The summed E-state index contributed by atoms with van der Waals surface area (Å²) in [5.41, 5.74) is 5.58. The molecule has 0 saturated heterocycles. The van der Waals surface area contributed by atoms with Crippen molar-refractivity contribution in [1.82, 2.24) is 15.2 Å². The van der Waals surface area contributed by atoms with Crippen LogP contribution in [0.25, 0.3) is 0 Å². The molecule has 1 saturated carbocycles. The molecule has 0 aliphatic heterocycles. The quantitative estimate of drug-likeness (QED) is 0.697. The molecule has 9 heteroatoms. The van der Waals surface area contributed by atoms with E-state index in [-0.39, 0.29) is 11.2 Å². The number of amides is 2. The first-order valence-corrected chi connectivity index (χ1v) is 8.57. The van der Waals surface area contributed by atoms with Gasteiger partial charge in [-0.25, -0.2) is 4.98 Å². The lowest BCUT2D eigenvalue weighted by atomic mass is 10.3. The molecule has 2 heterocycles. The number of thioether (sulfide) groups is 1. The van der Waals surface area contributed by atoms with Gasteiger partial charge in [0.05, 0.1) is 10.8 Å². The number of nitrogens with zero attached hydrogens (tertiary/aromatic N) is 2. The number of carbonyl (C=O) groups is 2. The van der Waals surface area contributed by atoms with Crippen molar-refractivity contribution in [2.24, 2.45) is 5.73 Å². The standard InChI is InChI=1S/C13H15N5O2S2/c1-6(22-13-15-10(17-18-13)7-2-3-7)11(20)16-12-8(9(14)19)4-5-21-12/h4-7H,2-3H2,1H3,(H2,14,19)(H,16,20)(H,15,17,18). The summed E-state index contributed by atoms with van der Waals surface area (Å²) in [6.45, 7) is 1.77. The summed E-state index contributed by atoms with van der Waals surface area (Å²) in [6, 6.07) is 1.59. The lowest BCUT2D eigenvalue weighted by molar-refractivity contribution is -0.115. The number of aromatic amines is 1. The second kappa shape index (κ2) is 6.09. The van der Waals surface area contributed by atoms with E-state index in [1.807, 2.05) is 0 Å². The summed E-state index contributed by atoms with van der Waals surface area (Å²) in [5, 5.41) is 12.1. The van der Waals surface area contributed by atoms with Crippen molar-refractivity contribution >= 4 is 39.9 Å². The van der Waals surface area contributed by atoms with Gasteiger partial charge >= 0.3 is 0 Å². The zero-order valence-corrected chi connectivity index (χ0v) is 13.5. The second-order valence-corrected chi connectivity index (χ2v) is 7.28. The molecule has 7 nitrogen and oxygen atoms in total. The summed E-state index contributed by atoms with van der Waals surface area (Å²) in [7, 11) is 0. The second-order valence-electron chi connectivity index (χ2n) is 5.05. The van der Waals surface area contributed by atoms with Gasteiger partial charge in [0, 0.05) is 5.92 Å². The Bertz CT molecular complexity index is 707. The van der Waals surface area contributed by atoms with Crippen LogP contribution in [-0.4, -0.2) is 32.2 Å². The maximum Gasteiger partial charge on any atom is 0.251 e. The molecule has 22 heavy (non-hydrogen) atoms. The van der Waals surface area contributed by atoms with Crippen molar-refractivity contribution in [3.8, 4) is 0 Å². The minimum absolute atomic E-state index is 0.215. The summed E-state index contributed by atoms with van der Waals surface area (Å²) in [4.78, 5) is 27.8. The molecule has 2 amide bonds. The molecular formula is C13H15N5O2S2. The average molecular weight is 337 g/mol. The molecule has 0 bridgehead atoms. The normalized spacial score (nSPS) is 15.5. The van der Waals surface area contributed by atoms with Crippen molar-refractivity contribution in [1.29, 1.82) is 0 Å². The third-order valence-corrected chi connectivity index (χ3v) is 5.06. The van der Waals surface area contributed by atoms with Crippen molar-refractivity contribution < 1.29 is 9.59 Å². The fourth-order valence-corrected chi connectivity index (χ4v) is 3.40. The zero-order valence-electron chi connectivity index (χ0n) is 11.8. The first kappa shape index (κ1) is 15.0. The Morgan fingerprint density at radius 1 is 1.55 bits per heavy atom. The molecule has 4 N–H and O–H groups in total. The van der Waals surface area contributed by atoms with Crippen LogP contribution in [0.4, 0.5) is 5.00 Å². The number of H-pyrrole nitrogens is 1. The lowest BCUT2D eigenvalue weighted by Gasteiger charge is -2.09. The Morgan fingerprint density at radius 3 is 3.00 bits per heavy atom. The lowest BCUT2D eigenvalue weighted by Crippen LogP contribution is -2.23. The van der Waals surface area contributed by atoms with Crippen LogP contribution in [0.15, 0.2) is 16.6 Å². The number of nitrogens with two attached hydrogens (primary N) is 1. The topological polar surface area (TPSA) is 114 Å². The Kier molecular flexibility index (Phi) is 4.16. The first-order valence-electron chi connectivity index (χ1n) is 6.81. The van der Waals surface area contributed by atoms with Crippen LogP contribution in [0, 0.1) is 0 Å². The molecule has 1 atom stereocenters. The first-order chi connectivity index (χ1) is 10.5. The number of thiophene rings is 1. The molecule has 2 aromatic rings. The SMILES string of the molecule is CC(Sc1n[nH]c(C2CC2)n1)C(=O)Nc1sccc1C(N)=O. The summed E-state index contributed by atoms with van der Waals surface area (Å²) < 4.78 is 0. The largest absolute Gasteiger partial charge is 0.366 e. The van der Waals surface area contributed by atoms with E-state index in [1.165, 1.54) is 23.1 Å². The van der Waals surface area contributed by atoms with E-state index in [0.29, 0.717) is 21.6 Å². The summed E-state index contributed by atoms with van der Waals surface area (Å²) in [6.07, 6.45) is 2.28. The van der Waals surface area contributed by atoms with Gasteiger partial charge in [-0.2, -0.15) is 0 Å². The number of hydrogen-bond acceptors (Lipinski definition) is 6. The van der Waals surface area contributed by atoms with Gasteiger partial charge < -0.3 is 11.1 Å². The number of nitrogens with one attached hydrogen (secondary N) is 2. The van der Waals surface area contributed by atoms with E-state index in [9.17, 15) is 9.59 Å². The van der Waals surface area contributed by atoms with Gasteiger partial charge in [-0.1, -0.05) is 11.8 Å². The molecule has 116 valence electrons. The van der Waals surface area contributed by atoms with Gasteiger partial charge in [0.2, 0.25) is 11.1 Å². The van der Waals surface area contributed by atoms with Crippen LogP contribution < -0.4 is 11.1 Å². The molecule has 0 aromatic carbocycles. The Labute approximate surface area is 135 Å². The highest BCUT2D eigenvalue weighted by molar-refractivity contribution is 8.00. The maximum atomic E-state index is 12.2. The summed E-state index contributed by atoms with van der Waals surface area (Å²) >= 11 is 2.54. The third kappa shape index (κ3) is 3.30. The predicted octanol–water partition coefficient (Wildman–Crippen LogP) is 1.96. The Balaban J connectivity index is 1.61. The maximum absolute atomic E-state index is 12.2. The summed E-state index contributed by atoms with van der Waals surface area (Å²) in [5.74, 6) is 0.618. The molecule has 1 aliphatic rings.